The Hall–Kier alpha value is -3.88. The number of aryl methyl sites for hydroxylation is 1. The summed E-state index contributed by atoms with van der Waals surface area (Å²) in [4.78, 5) is 55.6. The Labute approximate surface area is 256 Å². The lowest BCUT2D eigenvalue weighted by atomic mass is 9.97. The van der Waals surface area contributed by atoms with Crippen LogP contribution in [-0.2, 0) is 30.3 Å². The van der Waals surface area contributed by atoms with Gasteiger partial charge in [0.2, 0.25) is 11.8 Å². The molecule has 43 heavy (non-hydrogen) atoms. The average Bonchev–Trinajstić information content (AvgIpc) is 2.89. The van der Waals surface area contributed by atoms with Gasteiger partial charge in [0.05, 0.1) is 0 Å². The van der Waals surface area contributed by atoms with Crippen LogP contribution >= 0.6 is 0 Å². The van der Waals surface area contributed by atoms with Crippen molar-refractivity contribution in [1.82, 2.24) is 15.5 Å². The molecule has 0 aliphatic carbocycles. The summed E-state index contributed by atoms with van der Waals surface area (Å²) in [5.41, 5.74) is 0.768. The van der Waals surface area contributed by atoms with E-state index in [9.17, 15) is 19.2 Å². The molecule has 0 saturated heterocycles. The summed E-state index contributed by atoms with van der Waals surface area (Å²) in [6.45, 7) is 16.2. The van der Waals surface area contributed by atoms with Crippen LogP contribution in [0.25, 0.3) is 0 Å². The van der Waals surface area contributed by atoms with E-state index in [1.54, 1.807) is 54.5 Å². The Morgan fingerprint density at radius 1 is 0.837 bits per heavy atom. The highest BCUT2D eigenvalue weighted by Gasteiger charge is 2.37. The van der Waals surface area contributed by atoms with E-state index in [0.717, 1.165) is 17.5 Å². The second-order valence-corrected chi connectivity index (χ2v) is 12.8. The monoisotopic (exact) mass is 595 g/mol. The summed E-state index contributed by atoms with van der Waals surface area (Å²) in [6, 6.07) is 13.7. The number of nitrogens with one attached hydrogen (secondary N) is 2. The summed E-state index contributed by atoms with van der Waals surface area (Å²) >= 11 is 0. The maximum Gasteiger partial charge on any atom is 0.408 e. The molecule has 0 radical (unpaired) electrons. The van der Waals surface area contributed by atoms with Crippen LogP contribution < -0.4 is 10.6 Å². The number of alkyl carbamates (subject to hydrolysis) is 1. The van der Waals surface area contributed by atoms with Crippen LogP contribution in [0.3, 0.4) is 0 Å². The van der Waals surface area contributed by atoms with E-state index in [1.807, 2.05) is 62.4 Å². The van der Waals surface area contributed by atoms with Gasteiger partial charge in [-0.3, -0.25) is 9.59 Å². The average molecular weight is 596 g/mol. The standard InChI is InChI=1S/C34H49N3O6/c1-10-11-21-37(30(39)24(3)35-32(41)43-34(7,8)9)28(26-20-16-15-17-23(26)2)29(38)36-27(31(40)42-33(4,5)6)22-25-18-13-12-14-19-25/h12-20,24,27-28H,10-11,21-22H2,1-9H3,(H,35,41)(H,36,38). The minimum Gasteiger partial charge on any atom is -0.458 e. The molecule has 0 bridgehead atoms. The van der Waals surface area contributed by atoms with Crippen molar-refractivity contribution in [3.63, 3.8) is 0 Å². The molecule has 0 aliphatic heterocycles. The molecule has 9 heteroatoms. The van der Waals surface area contributed by atoms with E-state index in [0.29, 0.717) is 12.0 Å². The van der Waals surface area contributed by atoms with Gasteiger partial charge >= 0.3 is 12.1 Å². The van der Waals surface area contributed by atoms with Crippen LogP contribution in [0.2, 0.25) is 0 Å². The first kappa shape index (κ1) is 35.3. The highest BCUT2D eigenvalue weighted by molar-refractivity contribution is 5.94. The maximum atomic E-state index is 14.3. The Kier molecular flexibility index (Phi) is 12.8. The lowest BCUT2D eigenvalue weighted by molar-refractivity contribution is -0.159. The van der Waals surface area contributed by atoms with Crippen LogP contribution in [0.5, 0.6) is 0 Å². The maximum absolute atomic E-state index is 14.3. The summed E-state index contributed by atoms with van der Waals surface area (Å²) in [5.74, 6) is -1.53. The number of carbonyl (C=O) groups excluding carboxylic acids is 4. The zero-order valence-corrected chi connectivity index (χ0v) is 27.2. The van der Waals surface area contributed by atoms with Crippen molar-refractivity contribution in [2.75, 3.05) is 6.54 Å². The lowest BCUT2D eigenvalue weighted by Gasteiger charge is -2.35. The van der Waals surface area contributed by atoms with Gasteiger partial charge in [-0.15, -0.1) is 0 Å². The van der Waals surface area contributed by atoms with Gasteiger partial charge in [-0.1, -0.05) is 67.9 Å². The van der Waals surface area contributed by atoms with Crippen LogP contribution in [0, 0.1) is 6.92 Å². The third kappa shape index (κ3) is 11.7. The number of hydrogen-bond donors (Lipinski definition) is 2. The fraction of sp³-hybridized carbons (Fsp3) is 0.529. The molecule has 2 rings (SSSR count). The predicted octanol–water partition coefficient (Wildman–Crippen LogP) is 5.65. The van der Waals surface area contributed by atoms with E-state index >= 15 is 0 Å². The van der Waals surface area contributed by atoms with Gasteiger partial charge in [0, 0.05) is 13.0 Å². The number of ether oxygens (including phenoxy) is 2. The number of carbonyl (C=O) groups is 4. The zero-order chi connectivity index (χ0) is 32.4. The van der Waals surface area contributed by atoms with Crippen molar-refractivity contribution in [3.05, 3.63) is 71.3 Å². The third-order valence-electron chi connectivity index (χ3n) is 6.47. The molecule has 0 spiro atoms. The minimum absolute atomic E-state index is 0.210. The fourth-order valence-electron chi connectivity index (χ4n) is 4.50. The summed E-state index contributed by atoms with van der Waals surface area (Å²) < 4.78 is 11.0. The first-order chi connectivity index (χ1) is 20.0. The molecule has 236 valence electrons. The summed E-state index contributed by atoms with van der Waals surface area (Å²) in [7, 11) is 0. The number of hydrogen-bond acceptors (Lipinski definition) is 6. The number of esters is 1. The molecule has 2 aromatic carbocycles. The third-order valence-corrected chi connectivity index (χ3v) is 6.47. The smallest absolute Gasteiger partial charge is 0.408 e. The molecular formula is C34H49N3O6. The molecule has 0 aromatic heterocycles. The highest BCUT2D eigenvalue weighted by Crippen LogP contribution is 2.27. The number of unbranched alkanes of at least 4 members (excludes halogenated alkanes) is 1. The van der Waals surface area contributed by atoms with Crippen LogP contribution in [0.4, 0.5) is 4.79 Å². The molecule has 2 aromatic rings. The number of benzene rings is 2. The Morgan fingerprint density at radius 3 is 1.98 bits per heavy atom. The van der Waals surface area contributed by atoms with Crippen molar-refractivity contribution in [2.45, 2.75) is 111 Å². The Bertz CT molecular complexity index is 1230. The van der Waals surface area contributed by atoms with Crippen LogP contribution in [-0.4, -0.2) is 58.6 Å². The van der Waals surface area contributed by atoms with E-state index in [1.165, 1.54) is 4.90 Å². The first-order valence-electron chi connectivity index (χ1n) is 14.9. The fourth-order valence-corrected chi connectivity index (χ4v) is 4.50. The number of nitrogens with zero attached hydrogens (tertiary/aromatic N) is 1. The largest absolute Gasteiger partial charge is 0.458 e. The van der Waals surface area contributed by atoms with Gasteiger partial charge < -0.3 is 25.0 Å². The Morgan fingerprint density at radius 2 is 1.42 bits per heavy atom. The number of amides is 3. The molecule has 3 atom stereocenters. The molecule has 0 heterocycles. The molecule has 9 nitrogen and oxygen atoms in total. The molecule has 0 aliphatic rings. The molecule has 0 fully saturated rings. The van der Waals surface area contributed by atoms with Crippen molar-refractivity contribution in [1.29, 1.82) is 0 Å². The molecule has 3 amide bonds. The molecular weight excluding hydrogens is 546 g/mol. The van der Waals surface area contributed by atoms with Crippen molar-refractivity contribution >= 4 is 23.9 Å². The first-order valence-corrected chi connectivity index (χ1v) is 14.9. The van der Waals surface area contributed by atoms with Crippen molar-refractivity contribution in [3.8, 4) is 0 Å². The van der Waals surface area contributed by atoms with Crippen LogP contribution in [0.1, 0.15) is 91.0 Å². The van der Waals surface area contributed by atoms with Gasteiger partial charge in [-0.05, 0) is 78.5 Å². The predicted molar refractivity (Wildman–Crippen MR) is 167 cm³/mol. The van der Waals surface area contributed by atoms with E-state index in [4.69, 9.17) is 9.47 Å². The Balaban J connectivity index is 2.52. The van der Waals surface area contributed by atoms with Crippen LogP contribution in [0.15, 0.2) is 54.6 Å². The van der Waals surface area contributed by atoms with E-state index in [2.05, 4.69) is 10.6 Å². The number of rotatable bonds is 12. The summed E-state index contributed by atoms with van der Waals surface area (Å²) in [5, 5.41) is 5.53. The molecule has 2 N–H and O–H groups in total. The minimum atomic E-state index is -1.07. The highest BCUT2D eigenvalue weighted by atomic mass is 16.6. The van der Waals surface area contributed by atoms with E-state index < -0.39 is 53.2 Å². The van der Waals surface area contributed by atoms with Crippen molar-refractivity contribution < 1.29 is 28.7 Å². The van der Waals surface area contributed by atoms with Gasteiger partial charge in [-0.2, -0.15) is 0 Å². The molecule has 3 unspecified atom stereocenters. The molecule has 0 saturated carbocycles. The van der Waals surface area contributed by atoms with Gasteiger partial charge in [0.25, 0.3) is 0 Å². The summed E-state index contributed by atoms with van der Waals surface area (Å²) in [6.07, 6.45) is 0.879. The van der Waals surface area contributed by atoms with Gasteiger partial charge in [0.1, 0.15) is 29.3 Å². The second kappa shape index (κ2) is 15.5. The van der Waals surface area contributed by atoms with Crippen molar-refractivity contribution in [2.24, 2.45) is 0 Å². The lowest BCUT2D eigenvalue weighted by Crippen LogP contribution is -2.54. The zero-order valence-electron chi connectivity index (χ0n) is 27.2. The topological polar surface area (TPSA) is 114 Å². The van der Waals surface area contributed by atoms with Gasteiger partial charge in [-0.25, -0.2) is 9.59 Å². The van der Waals surface area contributed by atoms with E-state index in [-0.39, 0.29) is 13.0 Å². The quantitative estimate of drug-likeness (QED) is 0.307. The SMILES string of the molecule is CCCCN(C(=O)C(C)NC(=O)OC(C)(C)C)C(C(=O)NC(Cc1ccccc1)C(=O)OC(C)(C)C)c1ccccc1C. The normalized spacial score (nSPS) is 13.7. The second-order valence-electron chi connectivity index (χ2n) is 12.8. The van der Waals surface area contributed by atoms with Gasteiger partial charge in [0.15, 0.2) is 0 Å².